The van der Waals surface area contributed by atoms with Gasteiger partial charge in [-0.15, -0.1) is 0 Å². The van der Waals surface area contributed by atoms with Gasteiger partial charge in [0.25, 0.3) is 0 Å². The molecule has 0 spiro atoms. The maximum atomic E-state index is 11.0. The monoisotopic (exact) mass is 273 g/mol. The Kier molecular flexibility index (Phi) is 2.81. The van der Waals surface area contributed by atoms with E-state index in [9.17, 15) is 5.11 Å². The number of aromatic nitrogens is 1. The molecule has 1 heterocycles. The van der Waals surface area contributed by atoms with Crippen molar-refractivity contribution < 1.29 is 9.84 Å². The number of hydrogen-bond acceptors (Lipinski definition) is 3. The lowest BCUT2D eigenvalue weighted by Crippen LogP contribution is -2.48. The van der Waals surface area contributed by atoms with Crippen molar-refractivity contribution >= 4 is 0 Å². The Morgan fingerprint density at radius 2 is 1.75 bits per heavy atom. The molecule has 3 nitrogen and oxygen atoms in total. The topological polar surface area (TPSA) is 42.4 Å². The minimum absolute atomic E-state index is 0.114. The van der Waals surface area contributed by atoms with Gasteiger partial charge in [-0.2, -0.15) is 0 Å². The molecule has 5 rings (SSSR count). The van der Waals surface area contributed by atoms with Gasteiger partial charge < -0.3 is 9.84 Å². The van der Waals surface area contributed by atoms with Gasteiger partial charge in [0, 0.05) is 17.2 Å². The molecule has 1 unspecified atom stereocenters. The average Bonchev–Trinajstić information content (AvgIpc) is 2.45. The number of aliphatic hydroxyl groups excluding tert-OH is 1. The molecule has 1 aromatic heterocycles. The van der Waals surface area contributed by atoms with Gasteiger partial charge in [-0.3, -0.25) is 4.98 Å². The van der Waals surface area contributed by atoms with Gasteiger partial charge in [0.05, 0.1) is 19.4 Å². The van der Waals surface area contributed by atoms with E-state index in [1.165, 1.54) is 38.5 Å². The van der Waals surface area contributed by atoms with E-state index in [-0.39, 0.29) is 11.5 Å². The molecule has 0 aromatic carbocycles. The number of hydrogen-bond donors (Lipinski definition) is 1. The summed E-state index contributed by atoms with van der Waals surface area (Å²) >= 11 is 0. The van der Waals surface area contributed by atoms with Crippen LogP contribution in [0.15, 0.2) is 18.5 Å². The summed E-state index contributed by atoms with van der Waals surface area (Å²) in [7, 11) is 1.65. The smallest absolute Gasteiger partial charge is 0.137 e. The second-order valence-corrected chi connectivity index (χ2v) is 7.34. The predicted molar refractivity (Wildman–Crippen MR) is 76.4 cm³/mol. The van der Waals surface area contributed by atoms with E-state index in [1.807, 2.05) is 12.3 Å². The molecule has 1 aromatic rings. The summed E-state index contributed by atoms with van der Waals surface area (Å²) in [6.45, 7) is 0. The highest BCUT2D eigenvalue weighted by Gasteiger charge is 2.54. The van der Waals surface area contributed by atoms with Crippen molar-refractivity contribution in [2.45, 2.75) is 44.6 Å². The molecule has 1 N–H and O–H groups in total. The van der Waals surface area contributed by atoms with Gasteiger partial charge in [0.2, 0.25) is 0 Å². The van der Waals surface area contributed by atoms with Crippen LogP contribution in [0.1, 0.15) is 50.2 Å². The highest BCUT2D eigenvalue weighted by Crippen LogP contribution is 2.64. The second kappa shape index (κ2) is 4.45. The van der Waals surface area contributed by atoms with Crippen LogP contribution in [0.3, 0.4) is 0 Å². The average molecular weight is 273 g/mol. The predicted octanol–water partition coefficient (Wildman–Crippen LogP) is 3.34. The van der Waals surface area contributed by atoms with E-state index in [0.29, 0.717) is 0 Å². The summed E-state index contributed by atoms with van der Waals surface area (Å²) in [4.78, 5) is 4.22. The number of nitrogens with zero attached hydrogens (tertiary/aromatic N) is 1. The first-order valence-corrected chi connectivity index (χ1v) is 7.85. The summed E-state index contributed by atoms with van der Waals surface area (Å²) in [6, 6.07) is 1.95. The molecule has 0 saturated heterocycles. The molecule has 4 aliphatic rings. The zero-order chi connectivity index (χ0) is 13.7. The zero-order valence-electron chi connectivity index (χ0n) is 12.1. The van der Waals surface area contributed by atoms with E-state index in [0.717, 1.165) is 29.1 Å². The van der Waals surface area contributed by atoms with E-state index in [4.69, 9.17) is 4.74 Å². The highest BCUT2D eigenvalue weighted by molar-refractivity contribution is 5.27. The van der Waals surface area contributed by atoms with Crippen molar-refractivity contribution in [3.05, 3.63) is 24.0 Å². The van der Waals surface area contributed by atoms with Crippen molar-refractivity contribution in [2.24, 2.45) is 23.2 Å². The molecule has 4 aliphatic carbocycles. The maximum Gasteiger partial charge on any atom is 0.137 e. The van der Waals surface area contributed by atoms with Crippen LogP contribution in [0.2, 0.25) is 0 Å². The first-order chi connectivity index (χ1) is 9.68. The summed E-state index contributed by atoms with van der Waals surface area (Å²) in [6.07, 6.45) is 11.0. The summed E-state index contributed by atoms with van der Waals surface area (Å²) in [5.74, 6) is 3.31. The Bertz CT molecular complexity index is 478. The number of pyridine rings is 1. The lowest BCUT2D eigenvalue weighted by molar-refractivity contribution is -0.122. The van der Waals surface area contributed by atoms with Crippen molar-refractivity contribution in [2.75, 3.05) is 7.11 Å². The van der Waals surface area contributed by atoms with Crippen molar-refractivity contribution in [3.8, 4) is 5.75 Å². The van der Waals surface area contributed by atoms with Crippen LogP contribution in [0.25, 0.3) is 0 Å². The standard InChI is InChI=1S/C17H23NO2/c1-20-15-5-14(9-18-10-15)16(19)17-6-11-2-12(7-17)4-13(3-11)8-17/h5,9-13,16,19H,2-4,6-8H2,1H3. The fourth-order valence-corrected chi connectivity index (χ4v) is 5.56. The Morgan fingerprint density at radius 3 is 2.30 bits per heavy atom. The van der Waals surface area contributed by atoms with Crippen molar-refractivity contribution in [1.29, 1.82) is 0 Å². The molecule has 4 bridgehead atoms. The quantitative estimate of drug-likeness (QED) is 0.918. The molecular formula is C17H23NO2. The molecule has 4 fully saturated rings. The summed E-state index contributed by atoms with van der Waals surface area (Å²) in [5.41, 5.74) is 1.05. The lowest BCUT2D eigenvalue weighted by Gasteiger charge is -2.58. The molecular weight excluding hydrogens is 250 g/mol. The lowest BCUT2D eigenvalue weighted by atomic mass is 9.48. The first-order valence-electron chi connectivity index (χ1n) is 7.85. The SMILES string of the molecule is COc1cncc(C(O)C23CC4CC(CC(C4)C2)C3)c1. The van der Waals surface area contributed by atoms with Crippen LogP contribution < -0.4 is 4.74 Å². The van der Waals surface area contributed by atoms with Crippen molar-refractivity contribution in [3.63, 3.8) is 0 Å². The van der Waals surface area contributed by atoms with Crippen LogP contribution >= 0.6 is 0 Å². The van der Waals surface area contributed by atoms with Crippen LogP contribution in [0.4, 0.5) is 0 Å². The fourth-order valence-electron chi connectivity index (χ4n) is 5.56. The first kappa shape index (κ1) is 12.6. The largest absolute Gasteiger partial charge is 0.495 e. The van der Waals surface area contributed by atoms with Gasteiger partial charge in [0.1, 0.15) is 5.75 Å². The van der Waals surface area contributed by atoms with E-state index in [1.54, 1.807) is 13.3 Å². The molecule has 20 heavy (non-hydrogen) atoms. The van der Waals surface area contributed by atoms with Crippen LogP contribution in [-0.4, -0.2) is 17.2 Å². The Balaban J connectivity index is 1.65. The van der Waals surface area contributed by atoms with Crippen LogP contribution in [0.5, 0.6) is 5.75 Å². The molecule has 0 radical (unpaired) electrons. The number of rotatable bonds is 3. The van der Waals surface area contributed by atoms with Gasteiger partial charge in [0.15, 0.2) is 0 Å². The fraction of sp³-hybridized carbons (Fsp3) is 0.706. The second-order valence-electron chi connectivity index (χ2n) is 7.34. The van der Waals surface area contributed by atoms with Gasteiger partial charge in [-0.1, -0.05) is 0 Å². The molecule has 1 atom stereocenters. The molecule has 4 saturated carbocycles. The molecule has 0 aliphatic heterocycles. The summed E-state index contributed by atoms with van der Waals surface area (Å²) < 4.78 is 5.25. The number of aliphatic hydroxyl groups is 1. The van der Waals surface area contributed by atoms with Gasteiger partial charge >= 0.3 is 0 Å². The van der Waals surface area contributed by atoms with E-state index in [2.05, 4.69) is 4.98 Å². The normalized spacial score (nSPS) is 39.8. The van der Waals surface area contributed by atoms with Crippen LogP contribution in [0, 0.1) is 23.2 Å². The molecule has 108 valence electrons. The minimum atomic E-state index is -0.376. The molecule has 0 amide bonds. The third-order valence-electron chi connectivity index (χ3n) is 5.95. The Hall–Kier alpha value is -1.09. The zero-order valence-corrected chi connectivity index (χ0v) is 12.1. The third-order valence-corrected chi connectivity index (χ3v) is 5.95. The highest BCUT2D eigenvalue weighted by atomic mass is 16.5. The molecule has 3 heteroatoms. The van der Waals surface area contributed by atoms with E-state index < -0.39 is 0 Å². The van der Waals surface area contributed by atoms with Crippen molar-refractivity contribution in [1.82, 2.24) is 4.98 Å². The third kappa shape index (κ3) is 1.86. The van der Waals surface area contributed by atoms with E-state index >= 15 is 0 Å². The summed E-state index contributed by atoms with van der Waals surface area (Å²) in [5, 5.41) is 11.0. The Morgan fingerprint density at radius 1 is 1.15 bits per heavy atom. The van der Waals surface area contributed by atoms with Crippen LogP contribution in [-0.2, 0) is 0 Å². The van der Waals surface area contributed by atoms with Gasteiger partial charge in [-0.05, 0) is 62.3 Å². The number of ether oxygens (including phenoxy) is 1. The Labute approximate surface area is 120 Å². The maximum absolute atomic E-state index is 11.0. The number of methoxy groups -OCH3 is 1. The minimum Gasteiger partial charge on any atom is -0.495 e. The van der Waals surface area contributed by atoms with Gasteiger partial charge in [-0.25, -0.2) is 0 Å².